The maximum Gasteiger partial charge on any atom is 0.287 e. The summed E-state index contributed by atoms with van der Waals surface area (Å²) in [4.78, 5) is 12.0. The number of rotatable bonds is 5. The molecule has 0 aliphatic carbocycles. The second-order valence-electron chi connectivity index (χ2n) is 5.18. The van der Waals surface area contributed by atoms with Crippen LogP contribution in [0.15, 0.2) is 29.4 Å². The summed E-state index contributed by atoms with van der Waals surface area (Å²) in [7, 11) is 0. The van der Waals surface area contributed by atoms with Gasteiger partial charge in [0.05, 0.1) is 0 Å². The summed E-state index contributed by atoms with van der Waals surface area (Å²) in [6.45, 7) is 3.01. The third-order valence-corrected chi connectivity index (χ3v) is 3.43. The van der Waals surface area contributed by atoms with E-state index in [-0.39, 0.29) is 12.1 Å². The fourth-order valence-corrected chi connectivity index (χ4v) is 2.21. The van der Waals surface area contributed by atoms with Crippen LogP contribution in [0, 0.1) is 0 Å². The molecule has 0 saturated heterocycles. The van der Waals surface area contributed by atoms with Crippen LogP contribution in [-0.4, -0.2) is 40.5 Å². The van der Waals surface area contributed by atoms with Crippen molar-refractivity contribution in [2.45, 2.75) is 38.8 Å². The molecule has 1 aliphatic rings. The number of benzene rings is 1. The van der Waals surface area contributed by atoms with Gasteiger partial charge in [0.2, 0.25) is 5.72 Å². The Labute approximate surface area is 127 Å². The van der Waals surface area contributed by atoms with Gasteiger partial charge < -0.3 is 9.84 Å². The van der Waals surface area contributed by atoms with E-state index < -0.39 is 24.7 Å². The standard InChI is InChI=1S/C15H18F2N2O3/c1-3-11-4-6-12(7-5-11)22-9-13(20)19-15(21,14(16)17)8-10(2)18-19/h4-7,14,21H,3,8-9H2,1-2H3. The molecule has 120 valence electrons. The normalized spacial score (nSPS) is 21.2. The number of carbonyl (C=O) groups is 1. The average molecular weight is 312 g/mol. The predicted octanol–water partition coefficient (Wildman–Crippen LogP) is 2.19. The van der Waals surface area contributed by atoms with Crippen LogP contribution < -0.4 is 4.74 Å². The number of nitrogens with zero attached hydrogens (tertiary/aromatic N) is 2. The van der Waals surface area contributed by atoms with Gasteiger partial charge in [-0.3, -0.25) is 4.79 Å². The highest BCUT2D eigenvalue weighted by Crippen LogP contribution is 2.31. The van der Waals surface area contributed by atoms with Crippen molar-refractivity contribution in [3.05, 3.63) is 29.8 Å². The first kappa shape index (κ1) is 16.4. The second-order valence-corrected chi connectivity index (χ2v) is 5.18. The van der Waals surface area contributed by atoms with Crippen LogP contribution in [0.4, 0.5) is 8.78 Å². The zero-order valence-electron chi connectivity index (χ0n) is 12.4. The fourth-order valence-electron chi connectivity index (χ4n) is 2.21. The first-order valence-electron chi connectivity index (χ1n) is 6.96. The SMILES string of the molecule is CCc1ccc(OCC(=O)N2N=C(C)CC2(O)C(F)F)cc1. The summed E-state index contributed by atoms with van der Waals surface area (Å²) < 4.78 is 31.3. The Morgan fingerprint density at radius 2 is 2.09 bits per heavy atom. The summed E-state index contributed by atoms with van der Waals surface area (Å²) in [5, 5.41) is 14.0. The van der Waals surface area contributed by atoms with Crippen LogP contribution in [0.2, 0.25) is 0 Å². The highest BCUT2D eigenvalue weighted by Gasteiger charge is 2.50. The van der Waals surface area contributed by atoms with E-state index in [2.05, 4.69) is 5.10 Å². The largest absolute Gasteiger partial charge is 0.484 e. The number of hydrogen-bond acceptors (Lipinski definition) is 4. The molecule has 0 fully saturated rings. The van der Waals surface area contributed by atoms with Crippen molar-refractivity contribution in [3.63, 3.8) is 0 Å². The third kappa shape index (κ3) is 3.24. The van der Waals surface area contributed by atoms with Crippen LogP contribution >= 0.6 is 0 Å². The van der Waals surface area contributed by atoms with Crippen molar-refractivity contribution < 1.29 is 23.4 Å². The fraction of sp³-hybridized carbons (Fsp3) is 0.467. The highest BCUT2D eigenvalue weighted by molar-refractivity contribution is 5.89. The van der Waals surface area contributed by atoms with Gasteiger partial charge in [0, 0.05) is 12.1 Å². The van der Waals surface area contributed by atoms with E-state index in [1.165, 1.54) is 6.92 Å². The molecule has 1 unspecified atom stereocenters. The van der Waals surface area contributed by atoms with Crippen molar-refractivity contribution in [2.75, 3.05) is 6.61 Å². The molecule has 1 aromatic carbocycles. The first-order valence-corrected chi connectivity index (χ1v) is 6.96. The number of aryl methyl sites for hydroxylation is 1. The van der Waals surface area contributed by atoms with Crippen LogP contribution in [0.1, 0.15) is 25.8 Å². The van der Waals surface area contributed by atoms with Gasteiger partial charge in [-0.05, 0) is 31.0 Å². The van der Waals surface area contributed by atoms with Gasteiger partial charge in [-0.15, -0.1) is 0 Å². The highest BCUT2D eigenvalue weighted by atomic mass is 19.3. The number of aliphatic hydroxyl groups is 1. The zero-order chi connectivity index (χ0) is 16.3. The van der Waals surface area contributed by atoms with Crippen molar-refractivity contribution in [1.82, 2.24) is 5.01 Å². The molecule has 5 nitrogen and oxygen atoms in total. The number of halogens is 2. The summed E-state index contributed by atoms with van der Waals surface area (Å²) in [6.07, 6.45) is -2.61. The van der Waals surface area contributed by atoms with Gasteiger partial charge in [0.25, 0.3) is 12.3 Å². The molecule has 7 heteroatoms. The van der Waals surface area contributed by atoms with E-state index >= 15 is 0 Å². The number of carbonyl (C=O) groups excluding carboxylic acids is 1. The molecule has 0 spiro atoms. The lowest BCUT2D eigenvalue weighted by molar-refractivity contribution is -0.193. The van der Waals surface area contributed by atoms with Crippen molar-refractivity contribution in [2.24, 2.45) is 5.10 Å². The molecule has 0 saturated carbocycles. The van der Waals surface area contributed by atoms with E-state index in [0.717, 1.165) is 12.0 Å². The lowest BCUT2D eigenvalue weighted by Gasteiger charge is -2.29. The quantitative estimate of drug-likeness (QED) is 0.906. The summed E-state index contributed by atoms with van der Waals surface area (Å²) in [6, 6.07) is 7.11. The molecule has 1 aliphatic heterocycles. The van der Waals surface area contributed by atoms with E-state index in [0.29, 0.717) is 10.8 Å². The topological polar surface area (TPSA) is 62.1 Å². The summed E-state index contributed by atoms with van der Waals surface area (Å²) >= 11 is 0. The number of hydrogen-bond donors (Lipinski definition) is 1. The summed E-state index contributed by atoms with van der Waals surface area (Å²) in [5.41, 5.74) is -1.20. The molecule has 1 N–H and O–H groups in total. The lowest BCUT2D eigenvalue weighted by atomic mass is 10.1. The number of ether oxygens (including phenoxy) is 1. The Morgan fingerprint density at radius 1 is 1.45 bits per heavy atom. The Bertz CT molecular complexity index is 575. The third-order valence-electron chi connectivity index (χ3n) is 3.43. The molecule has 1 heterocycles. The molecule has 22 heavy (non-hydrogen) atoms. The minimum absolute atomic E-state index is 0.267. The van der Waals surface area contributed by atoms with Gasteiger partial charge in [-0.1, -0.05) is 19.1 Å². The second kappa shape index (κ2) is 6.39. The van der Waals surface area contributed by atoms with Gasteiger partial charge in [-0.2, -0.15) is 10.1 Å². The van der Waals surface area contributed by atoms with Crippen molar-refractivity contribution in [1.29, 1.82) is 0 Å². The zero-order valence-corrected chi connectivity index (χ0v) is 12.4. The van der Waals surface area contributed by atoms with E-state index in [1.54, 1.807) is 12.1 Å². The minimum atomic E-state index is -3.11. The Kier molecular flexibility index (Phi) is 4.75. The smallest absolute Gasteiger partial charge is 0.287 e. The lowest BCUT2D eigenvalue weighted by Crippen LogP contribution is -2.52. The number of alkyl halides is 2. The van der Waals surface area contributed by atoms with Crippen LogP contribution in [0.5, 0.6) is 5.75 Å². The Hall–Kier alpha value is -2.02. The molecular formula is C15H18F2N2O3. The average Bonchev–Trinajstić information content (AvgIpc) is 2.81. The van der Waals surface area contributed by atoms with Crippen LogP contribution in [0.25, 0.3) is 0 Å². The van der Waals surface area contributed by atoms with Crippen molar-refractivity contribution >= 4 is 11.6 Å². The van der Waals surface area contributed by atoms with E-state index in [1.807, 2.05) is 19.1 Å². The Morgan fingerprint density at radius 3 is 2.64 bits per heavy atom. The number of amides is 1. The molecular weight excluding hydrogens is 294 g/mol. The summed E-state index contributed by atoms with van der Waals surface area (Å²) in [5.74, 6) is -0.370. The molecule has 1 amide bonds. The van der Waals surface area contributed by atoms with Crippen LogP contribution in [0.3, 0.4) is 0 Å². The number of hydrazone groups is 1. The predicted molar refractivity (Wildman–Crippen MR) is 76.8 cm³/mol. The maximum atomic E-state index is 13.0. The first-order chi connectivity index (χ1) is 10.4. The monoisotopic (exact) mass is 312 g/mol. The molecule has 0 bridgehead atoms. The maximum absolute atomic E-state index is 13.0. The molecule has 0 aromatic heterocycles. The molecule has 1 atom stereocenters. The Balaban J connectivity index is 2.01. The van der Waals surface area contributed by atoms with Crippen molar-refractivity contribution in [3.8, 4) is 5.75 Å². The van der Waals surface area contributed by atoms with Crippen LogP contribution in [-0.2, 0) is 11.2 Å². The van der Waals surface area contributed by atoms with E-state index in [9.17, 15) is 18.7 Å². The molecule has 0 radical (unpaired) electrons. The van der Waals surface area contributed by atoms with Gasteiger partial charge in [0.15, 0.2) is 6.61 Å². The minimum Gasteiger partial charge on any atom is -0.484 e. The van der Waals surface area contributed by atoms with Gasteiger partial charge >= 0.3 is 0 Å². The molecule has 2 rings (SSSR count). The van der Waals surface area contributed by atoms with Gasteiger partial charge in [-0.25, -0.2) is 8.78 Å². The van der Waals surface area contributed by atoms with Gasteiger partial charge in [0.1, 0.15) is 5.75 Å². The molecule has 1 aromatic rings. The van der Waals surface area contributed by atoms with E-state index in [4.69, 9.17) is 4.74 Å².